The lowest BCUT2D eigenvalue weighted by Gasteiger charge is -2.34. The van der Waals surface area contributed by atoms with Crippen LogP contribution in [0.5, 0.6) is 5.75 Å². The first-order valence-corrected chi connectivity index (χ1v) is 13.4. The van der Waals surface area contributed by atoms with Gasteiger partial charge in [0.1, 0.15) is 5.75 Å². The smallest absolute Gasteiger partial charge is 0.253 e. The third kappa shape index (κ3) is 6.35. The predicted octanol–water partition coefficient (Wildman–Crippen LogP) is 2.50. The molecule has 0 aliphatic carbocycles. The van der Waals surface area contributed by atoms with Crippen LogP contribution >= 0.6 is 0 Å². The van der Waals surface area contributed by atoms with E-state index in [2.05, 4.69) is 21.8 Å². The highest BCUT2D eigenvalue weighted by molar-refractivity contribution is 7.89. The predicted molar refractivity (Wildman–Crippen MR) is 129 cm³/mol. The number of benzene rings is 2. The first kappa shape index (κ1) is 24.7. The van der Waals surface area contributed by atoms with Gasteiger partial charge in [-0.2, -0.15) is 0 Å². The zero-order valence-electron chi connectivity index (χ0n) is 19.6. The number of hydrogen-bond acceptors (Lipinski definition) is 6. The van der Waals surface area contributed by atoms with Crippen LogP contribution in [-0.2, 0) is 21.3 Å². The van der Waals surface area contributed by atoms with Crippen molar-refractivity contribution >= 4 is 15.9 Å². The van der Waals surface area contributed by atoms with Gasteiger partial charge in [-0.05, 0) is 61.7 Å². The Kier molecular flexibility index (Phi) is 8.20. The van der Waals surface area contributed by atoms with E-state index < -0.39 is 10.0 Å². The maximum Gasteiger partial charge on any atom is 0.253 e. The highest BCUT2D eigenvalue weighted by Crippen LogP contribution is 2.17. The second kappa shape index (κ2) is 11.3. The van der Waals surface area contributed by atoms with Crippen molar-refractivity contribution in [2.45, 2.75) is 37.3 Å². The Morgan fingerprint density at radius 2 is 1.76 bits per heavy atom. The summed E-state index contributed by atoms with van der Waals surface area (Å²) < 4.78 is 38.6. The number of amides is 1. The number of ether oxygens (including phenoxy) is 2. The fourth-order valence-electron chi connectivity index (χ4n) is 4.28. The molecule has 0 bridgehead atoms. The van der Waals surface area contributed by atoms with Crippen molar-refractivity contribution in [3.63, 3.8) is 0 Å². The third-order valence-electron chi connectivity index (χ3n) is 6.24. The van der Waals surface area contributed by atoms with Gasteiger partial charge < -0.3 is 14.4 Å². The topological polar surface area (TPSA) is 88.2 Å². The SMILES string of the molecule is CCOc1ccc(CN2CCN(C(=O)c3ccc(S(=O)(=O)NC[C@H]4CCCO4)cc3)CC2)cc1. The van der Waals surface area contributed by atoms with Crippen LogP contribution in [0.4, 0.5) is 0 Å². The van der Waals surface area contributed by atoms with Gasteiger partial charge in [0.25, 0.3) is 5.91 Å². The lowest BCUT2D eigenvalue weighted by Crippen LogP contribution is -2.48. The van der Waals surface area contributed by atoms with Crippen molar-refractivity contribution in [2.24, 2.45) is 0 Å². The fraction of sp³-hybridized carbons (Fsp3) is 0.480. The summed E-state index contributed by atoms with van der Waals surface area (Å²) >= 11 is 0. The van der Waals surface area contributed by atoms with Gasteiger partial charge in [-0.3, -0.25) is 9.69 Å². The summed E-state index contributed by atoms with van der Waals surface area (Å²) in [4.78, 5) is 17.2. The van der Waals surface area contributed by atoms with Crippen molar-refractivity contribution in [1.29, 1.82) is 0 Å². The number of rotatable bonds is 9. The van der Waals surface area contributed by atoms with Gasteiger partial charge in [-0.1, -0.05) is 12.1 Å². The summed E-state index contributed by atoms with van der Waals surface area (Å²) in [5.41, 5.74) is 1.71. The number of nitrogens with one attached hydrogen (secondary N) is 1. The van der Waals surface area contributed by atoms with Crippen LogP contribution in [0.25, 0.3) is 0 Å². The normalized spacial score (nSPS) is 19.3. The van der Waals surface area contributed by atoms with E-state index in [9.17, 15) is 13.2 Å². The minimum Gasteiger partial charge on any atom is -0.494 e. The minimum atomic E-state index is -3.63. The Hall–Kier alpha value is -2.46. The van der Waals surface area contributed by atoms with Gasteiger partial charge in [0.05, 0.1) is 17.6 Å². The summed E-state index contributed by atoms with van der Waals surface area (Å²) in [5.74, 6) is 0.802. The molecule has 1 N–H and O–H groups in total. The molecule has 2 aliphatic rings. The average molecular weight is 488 g/mol. The van der Waals surface area contributed by atoms with E-state index in [-0.39, 0.29) is 23.5 Å². The summed E-state index contributed by atoms with van der Waals surface area (Å²) in [6, 6.07) is 14.3. The van der Waals surface area contributed by atoms with Crippen LogP contribution in [0.1, 0.15) is 35.7 Å². The quantitative estimate of drug-likeness (QED) is 0.585. The summed E-state index contributed by atoms with van der Waals surface area (Å²) in [6.45, 7) is 7.26. The molecule has 8 nitrogen and oxygen atoms in total. The van der Waals surface area contributed by atoms with Crippen LogP contribution in [0.3, 0.4) is 0 Å². The summed E-state index contributed by atoms with van der Waals surface area (Å²) in [6.07, 6.45) is 1.76. The Balaban J connectivity index is 1.27. The third-order valence-corrected chi connectivity index (χ3v) is 7.68. The van der Waals surface area contributed by atoms with Crippen LogP contribution < -0.4 is 9.46 Å². The number of carbonyl (C=O) groups excluding carboxylic acids is 1. The first-order valence-electron chi connectivity index (χ1n) is 11.9. The molecule has 4 rings (SSSR count). The molecule has 0 aromatic heterocycles. The van der Waals surface area contributed by atoms with E-state index in [1.807, 2.05) is 24.0 Å². The molecule has 2 saturated heterocycles. The molecule has 184 valence electrons. The van der Waals surface area contributed by atoms with Crippen molar-refractivity contribution in [3.8, 4) is 5.75 Å². The molecule has 2 aromatic carbocycles. The van der Waals surface area contributed by atoms with Gasteiger partial charge >= 0.3 is 0 Å². The van der Waals surface area contributed by atoms with Crippen LogP contribution in [0.2, 0.25) is 0 Å². The van der Waals surface area contributed by atoms with Crippen molar-refractivity contribution in [2.75, 3.05) is 45.9 Å². The van der Waals surface area contributed by atoms with Gasteiger partial charge in [0.15, 0.2) is 0 Å². The zero-order chi connectivity index (χ0) is 24.0. The van der Waals surface area contributed by atoms with Crippen molar-refractivity contribution < 1.29 is 22.7 Å². The maximum absolute atomic E-state index is 12.9. The molecular weight excluding hydrogens is 454 g/mol. The fourth-order valence-corrected chi connectivity index (χ4v) is 5.34. The van der Waals surface area contributed by atoms with E-state index in [4.69, 9.17) is 9.47 Å². The molecule has 9 heteroatoms. The van der Waals surface area contributed by atoms with E-state index in [0.29, 0.717) is 31.9 Å². The molecule has 1 amide bonds. The van der Waals surface area contributed by atoms with Gasteiger partial charge in [-0.15, -0.1) is 0 Å². The number of nitrogens with zero attached hydrogens (tertiary/aromatic N) is 2. The number of carbonyl (C=O) groups is 1. The molecule has 0 radical (unpaired) electrons. The van der Waals surface area contributed by atoms with Gasteiger partial charge in [0, 0.05) is 51.4 Å². The Morgan fingerprint density at radius 1 is 1.06 bits per heavy atom. The minimum absolute atomic E-state index is 0.0660. The first-order chi connectivity index (χ1) is 16.4. The Labute approximate surface area is 201 Å². The molecule has 0 unspecified atom stereocenters. The van der Waals surface area contributed by atoms with Gasteiger partial charge in [0.2, 0.25) is 10.0 Å². The highest BCUT2D eigenvalue weighted by atomic mass is 32.2. The molecule has 0 spiro atoms. The van der Waals surface area contributed by atoms with E-state index in [1.54, 1.807) is 12.1 Å². The molecule has 34 heavy (non-hydrogen) atoms. The summed E-state index contributed by atoms with van der Waals surface area (Å²) in [7, 11) is -3.63. The van der Waals surface area contributed by atoms with Crippen LogP contribution in [0.15, 0.2) is 53.4 Å². The molecule has 2 aliphatic heterocycles. The Morgan fingerprint density at radius 3 is 2.38 bits per heavy atom. The molecular formula is C25H33N3O5S. The van der Waals surface area contributed by atoms with E-state index in [1.165, 1.54) is 17.7 Å². The average Bonchev–Trinajstić information content (AvgIpc) is 3.38. The second-order valence-corrected chi connectivity index (χ2v) is 10.4. The lowest BCUT2D eigenvalue weighted by atomic mass is 10.1. The molecule has 1 atom stereocenters. The Bertz CT molecular complexity index is 1040. The van der Waals surface area contributed by atoms with Crippen molar-refractivity contribution in [1.82, 2.24) is 14.5 Å². The molecule has 2 heterocycles. The van der Waals surface area contributed by atoms with E-state index in [0.717, 1.165) is 38.2 Å². The molecule has 0 saturated carbocycles. The standard InChI is InChI=1S/C25H33N3O5S/c1-2-32-22-9-5-20(6-10-22)19-27-13-15-28(16-14-27)25(29)21-7-11-24(12-8-21)34(30,31)26-18-23-4-3-17-33-23/h5-12,23,26H,2-4,13-19H2,1H3/t23-/m1/s1. The molecule has 2 fully saturated rings. The summed E-state index contributed by atoms with van der Waals surface area (Å²) in [5, 5.41) is 0. The van der Waals surface area contributed by atoms with Crippen LogP contribution in [-0.4, -0.2) is 76.2 Å². The largest absolute Gasteiger partial charge is 0.494 e. The second-order valence-electron chi connectivity index (χ2n) is 8.66. The molecule has 2 aromatic rings. The lowest BCUT2D eigenvalue weighted by molar-refractivity contribution is 0.0628. The van der Waals surface area contributed by atoms with E-state index >= 15 is 0 Å². The van der Waals surface area contributed by atoms with Crippen LogP contribution in [0, 0.1) is 0 Å². The highest BCUT2D eigenvalue weighted by Gasteiger charge is 2.24. The monoisotopic (exact) mass is 487 g/mol. The number of hydrogen-bond donors (Lipinski definition) is 1. The maximum atomic E-state index is 12.9. The van der Waals surface area contributed by atoms with Gasteiger partial charge in [-0.25, -0.2) is 13.1 Å². The number of piperazine rings is 1. The zero-order valence-corrected chi connectivity index (χ0v) is 20.4. The van der Waals surface area contributed by atoms with Crippen molar-refractivity contribution in [3.05, 3.63) is 59.7 Å². The number of sulfonamides is 1.